The Bertz CT molecular complexity index is 502. The molecule has 0 aliphatic carbocycles. The smallest absolute Gasteiger partial charge is 0.164 e. The first-order valence-electron chi connectivity index (χ1n) is 7.90. The van der Waals surface area contributed by atoms with E-state index in [0.717, 1.165) is 19.6 Å². The number of hydrogen-bond acceptors (Lipinski definition) is 3. The number of nitrogens with zero attached hydrogens (tertiary/aromatic N) is 2. The lowest BCUT2D eigenvalue weighted by Crippen LogP contribution is -2.55. The van der Waals surface area contributed by atoms with E-state index in [1.165, 1.54) is 31.5 Å². The summed E-state index contributed by atoms with van der Waals surface area (Å²) in [6.07, 6.45) is 3.11. The highest BCUT2D eigenvalue weighted by atomic mass is 19.1. The first kappa shape index (κ1) is 14.7. The Kier molecular flexibility index (Phi) is 4.36. The van der Waals surface area contributed by atoms with Crippen molar-refractivity contribution in [3.63, 3.8) is 0 Å². The van der Waals surface area contributed by atoms with Gasteiger partial charge in [-0.2, -0.15) is 0 Å². The quantitative estimate of drug-likeness (QED) is 0.796. The van der Waals surface area contributed by atoms with Crippen LogP contribution in [0.2, 0.25) is 0 Å². The van der Waals surface area contributed by atoms with Gasteiger partial charge in [0.1, 0.15) is 5.82 Å². The summed E-state index contributed by atoms with van der Waals surface area (Å²) >= 11 is 0. The number of Topliss-reactive ketones (excluding diaryl/α,β-unsaturated/α-hetero) is 1. The average Bonchev–Trinajstić information content (AvgIpc) is 2.92. The summed E-state index contributed by atoms with van der Waals surface area (Å²) < 4.78 is 12.9. The lowest BCUT2D eigenvalue weighted by atomic mass is 10.0. The topological polar surface area (TPSA) is 23.6 Å². The van der Waals surface area contributed by atoms with Crippen molar-refractivity contribution >= 4 is 5.78 Å². The molecule has 114 valence electrons. The van der Waals surface area contributed by atoms with Gasteiger partial charge in [0.2, 0.25) is 0 Å². The number of rotatable bonds is 4. The fourth-order valence-electron chi connectivity index (χ4n) is 3.58. The number of carbonyl (C=O) groups is 1. The molecule has 2 heterocycles. The molecule has 0 N–H and O–H groups in total. The zero-order chi connectivity index (χ0) is 14.8. The van der Waals surface area contributed by atoms with Crippen LogP contribution < -0.4 is 0 Å². The van der Waals surface area contributed by atoms with Crippen molar-refractivity contribution in [3.8, 4) is 0 Å². The maximum absolute atomic E-state index is 12.9. The molecule has 0 spiro atoms. The number of hydrogen-bond donors (Lipinski definition) is 0. The summed E-state index contributed by atoms with van der Waals surface area (Å²) in [4.78, 5) is 17.2. The highest BCUT2D eigenvalue weighted by Crippen LogP contribution is 2.24. The molecule has 2 aliphatic rings. The van der Waals surface area contributed by atoms with Crippen LogP contribution >= 0.6 is 0 Å². The summed E-state index contributed by atoms with van der Waals surface area (Å²) in [5, 5.41) is 0. The van der Waals surface area contributed by atoms with E-state index in [1.807, 2.05) is 0 Å². The molecule has 21 heavy (non-hydrogen) atoms. The molecule has 0 saturated carbocycles. The fourth-order valence-corrected chi connectivity index (χ4v) is 3.58. The lowest BCUT2D eigenvalue weighted by Gasteiger charge is -2.42. The van der Waals surface area contributed by atoms with Gasteiger partial charge in [-0.05, 0) is 50.6 Å². The third-order valence-electron chi connectivity index (χ3n) is 4.86. The highest BCUT2D eigenvalue weighted by molar-refractivity contribution is 5.96. The molecule has 3 rings (SSSR count). The Morgan fingerprint density at radius 1 is 1.29 bits per heavy atom. The zero-order valence-corrected chi connectivity index (χ0v) is 12.6. The van der Waals surface area contributed by atoms with E-state index in [9.17, 15) is 9.18 Å². The first-order chi connectivity index (χ1) is 10.1. The summed E-state index contributed by atoms with van der Waals surface area (Å²) in [5.74, 6) is -0.187. The zero-order valence-electron chi connectivity index (χ0n) is 12.6. The fraction of sp³-hybridized carbons (Fsp3) is 0.588. The number of carbonyl (C=O) groups excluding carboxylic acids is 1. The average molecular weight is 290 g/mol. The number of halogens is 1. The molecule has 2 saturated heterocycles. The van der Waals surface area contributed by atoms with E-state index < -0.39 is 0 Å². The Morgan fingerprint density at radius 2 is 2.05 bits per heavy atom. The molecular formula is C17H23FN2O. The van der Waals surface area contributed by atoms with Gasteiger partial charge in [-0.1, -0.05) is 0 Å². The molecule has 1 aromatic carbocycles. The molecule has 4 heteroatoms. The third-order valence-corrected chi connectivity index (χ3v) is 4.86. The van der Waals surface area contributed by atoms with Gasteiger partial charge < -0.3 is 0 Å². The maximum atomic E-state index is 12.9. The summed E-state index contributed by atoms with van der Waals surface area (Å²) in [7, 11) is 0. The van der Waals surface area contributed by atoms with Gasteiger partial charge >= 0.3 is 0 Å². The molecule has 0 amide bonds. The van der Waals surface area contributed by atoms with Crippen LogP contribution in [0.25, 0.3) is 0 Å². The summed E-state index contributed by atoms with van der Waals surface area (Å²) in [6, 6.07) is 7.06. The third kappa shape index (κ3) is 3.33. The van der Waals surface area contributed by atoms with Crippen LogP contribution in [0.3, 0.4) is 0 Å². The number of ketones is 1. The van der Waals surface area contributed by atoms with Crippen LogP contribution in [0.4, 0.5) is 4.39 Å². The molecule has 2 fully saturated rings. The molecule has 3 nitrogen and oxygen atoms in total. The van der Waals surface area contributed by atoms with Gasteiger partial charge in [-0.3, -0.25) is 14.6 Å². The lowest BCUT2D eigenvalue weighted by molar-refractivity contribution is 0.0567. The van der Waals surface area contributed by atoms with E-state index >= 15 is 0 Å². The summed E-state index contributed by atoms with van der Waals surface area (Å²) in [6.45, 7) is 6.49. The number of fused-ring (bicyclic) bond motifs is 1. The van der Waals surface area contributed by atoms with Crippen molar-refractivity contribution in [2.24, 2.45) is 0 Å². The van der Waals surface area contributed by atoms with Crippen molar-refractivity contribution in [1.29, 1.82) is 0 Å². The molecule has 2 unspecified atom stereocenters. The summed E-state index contributed by atoms with van der Waals surface area (Å²) in [5.41, 5.74) is 0.614. The van der Waals surface area contributed by atoms with Gasteiger partial charge in [0.25, 0.3) is 0 Å². The minimum Gasteiger partial charge on any atom is -0.298 e. The van der Waals surface area contributed by atoms with Crippen molar-refractivity contribution < 1.29 is 9.18 Å². The predicted molar refractivity (Wildman–Crippen MR) is 81.0 cm³/mol. The van der Waals surface area contributed by atoms with Gasteiger partial charge in [0.15, 0.2) is 5.78 Å². The Labute approximate surface area is 125 Å². The normalized spacial score (nSPS) is 26.8. The van der Waals surface area contributed by atoms with Crippen molar-refractivity contribution in [2.75, 3.05) is 26.2 Å². The van der Waals surface area contributed by atoms with Crippen molar-refractivity contribution in [1.82, 2.24) is 9.80 Å². The molecule has 2 aliphatic heterocycles. The monoisotopic (exact) mass is 290 g/mol. The Morgan fingerprint density at radius 3 is 2.81 bits per heavy atom. The Balaban J connectivity index is 1.54. The van der Waals surface area contributed by atoms with Gasteiger partial charge in [-0.25, -0.2) is 4.39 Å². The van der Waals surface area contributed by atoms with Crippen LogP contribution in [0.5, 0.6) is 0 Å². The standard InChI is InChI=1S/C17H23FN2O/c1-13-11-20-9-2-3-16(20)12-19(13)10-8-17(21)14-4-6-15(18)7-5-14/h4-7,13,16H,2-3,8-12H2,1H3. The second kappa shape index (κ2) is 6.24. The largest absolute Gasteiger partial charge is 0.298 e. The minimum absolute atomic E-state index is 0.107. The van der Waals surface area contributed by atoms with Gasteiger partial charge in [-0.15, -0.1) is 0 Å². The van der Waals surface area contributed by atoms with E-state index in [4.69, 9.17) is 0 Å². The van der Waals surface area contributed by atoms with Crippen molar-refractivity contribution in [2.45, 2.75) is 38.3 Å². The first-order valence-corrected chi connectivity index (χ1v) is 7.90. The van der Waals surface area contributed by atoms with E-state index in [2.05, 4.69) is 16.7 Å². The van der Waals surface area contributed by atoms with E-state index in [0.29, 0.717) is 24.1 Å². The molecule has 0 radical (unpaired) electrons. The Hall–Kier alpha value is -1.26. The van der Waals surface area contributed by atoms with Gasteiger partial charge in [0, 0.05) is 43.7 Å². The molecule has 2 atom stereocenters. The molecule has 0 aromatic heterocycles. The van der Waals surface area contributed by atoms with E-state index in [1.54, 1.807) is 12.1 Å². The van der Waals surface area contributed by atoms with Crippen LogP contribution in [-0.4, -0.2) is 53.8 Å². The number of piperazine rings is 1. The molecule has 1 aromatic rings. The minimum atomic E-state index is -0.294. The van der Waals surface area contributed by atoms with Crippen LogP contribution in [0.15, 0.2) is 24.3 Å². The second-order valence-electron chi connectivity index (χ2n) is 6.32. The van der Waals surface area contributed by atoms with E-state index in [-0.39, 0.29) is 11.6 Å². The maximum Gasteiger partial charge on any atom is 0.164 e. The second-order valence-corrected chi connectivity index (χ2v) is 6.32. The van der Waals surface area contributed by atoms with Crippen LogP contribution in [0.1, 0.15) is 36.5 Å². The highest BCUT2D eigenvalue weighted by Gasteiger charge is 2.34. The molecular weight excluding hydrogens is 267 g/mol. The van der Waals surface area contributed by atoms with Gasteiger partial charge in [0.05, 0.1) is 0 Å². The molecule has 0 bridgehead atoms. The SMILES string of the molecule is CC1CN2CCCC2CN1CCC(=O)c1ccc(F)cc1. The predicted octanol–water partition coefficient (Wildman–Crippen LogP) is 2.57. The van der Waals surface area contributed by atoms with Crippen molar-refractivity contribution in [3.05, 3.63) is 35.6 Å². The number of benzene rings is 1. The van der Waals surface area contributed by atoms with Crippen LogP contribution in [-0.2, 0) is 0 Å². The van der Waals surface area contributed by atoms with Crippen LogP contribution in [0, 0.1) is 5.82 Å².